The minimum atomic E-state index is -0.986. The van der Waals surface area contributed by atoms with E-state index in [1.165, 1.54) is 0 Å². The molecule has 7 nitrogen and oxygen atoms in total. The van der Waals surface area contributed by atoms with Gasteiger partial charge in [-0.1, -0.05) is 13.8 Å². The maximum Gasteiger partial charge on any atom is 0.321 e. The molecule has 3 N–H and O–H groups in total. The average Bonchev–Trinajstić information content (AvgIpc) is 2.20. The summed E-state index contributed by atoms with van der Waals surface area (Å²) in [7, 11) is -0.904. The van der Waals surface area contributed by atoms with E-state index in [2.05, 4.69) is 10.6 Å². The van der Waals surface area contributed by atoms with Crippen molar-refractivity contribution in [3.05, 3.63) is 0 Å². The highest BCUT2D eigenvalue weighted by Crippen LogP contribution is 2.24. The second-order valence-electron chi connectivity index (χ2n) is 5.35. The third-order valence-electron chi connectivity index (χ3n) is 2.42. The third kappa shape index (κ3) is 10.5. The van der Waals surface area contributed by atoms with Gasteiger partial charge in [-0.2, -0.15) is 0 Å². The van der Waals surface area contributed by atoms with Gasteiger partial charge in [-0.15, -0.1) is 0 Å². The van der Waals surface area contributed by atoms with Crippen molar-refractivity contribution >= 4 is 28.7 Å². The molecule has 116 valence electrons. The van der Waals surface area contributed by atoms with Gasteiger partial charge in [0.2, 0.25) is 5.91 Å². The Hall–Kier alpha value is -1.44. The molecule has 0 heterocycles. The Morgan fingerprint density at radius 3 is 2.30 bits per heavy atom. The maximum absolute atomic E-state index is 11.6. The molecule has 0 saturated heterocycles. The van der Waals surface area contributed by atoms with Crippen molar-refractivity contribution in [2.45, 2.75) is 33.1 Å². The lowest BCUT2D eigenvalue weighted by Crippen LogP contribution is -2.41. The van der Waals surface area contributed by atoms with Crippen molar-refractivity contribution < 1.29 is 23.7 Å². The van der Waals surface area contributed by atoms with Crippen molar-refractivity contribution in [2.75, 3.05) is 18.6 Å². The van der Waals surface area contributed by atoms with Crippen LogP contribution in [0.25, 0.3) is 0 Å². The van der Waals surface area contributed by atoms with Crippen LogP contribution in [0.3, 0.4) is 0 Å². The van der Waals surface area contributed by atoms with Gasteiger partial charge in [0, 0.05) is 35.8 Å². The summed E-state index contributed by atoms with van der Waals surface area (Å²) in [5.41, 5.74) is -0.713. The maximum atomic E-state index is 11.6. The monoisotopic (exact) mass is 306 g/mol. The van der Waals surface area contributed by atoms with Crippen LogP contribution in [0.15, 0.2) is 0 Å². The number of carboxylic acids is 1. The van der Waals surface area contributed by atoms with Crippen LogP contribution in [0, 0.1) is 5.41 Å². The molecule has 20 heavy (non-hydrogen) atoms. The molecule has 8 heteroatoms. The van der Waals surface area contributed by atoms with Crippen molar-refractivity contribution in [1.82, 2.24) is 10.6 Å². The first-order chi connectivity index (χ1) is 9.12. The second-order valence-corrected chi connectivity index (χ2v) is 6.90. The molecule has 0 aromatic carbocycles. The normalized spacial score (nSPS) is 12.6. The predicted molar refractivity (Wildman–Crippen MR) is 75.7 cm³/mol. The number of amides is 3. The lowest BCUT2D eigenvalue weighted by Gasteiger charge is -2.21. The van der Waals surface area contributed by atoms with E-state index < -0.39 is 34.1 Å². The van der Waals surface area contributed by atoms with E-state index in [1.54, 1.807) is 20.1 Å². The number of aliphatic carboxylic acids is 1. The first kappa shape index (κ1) is 18.6. The summed E-state index contributed by atoms with van der Waals surface area (Å²) in [5.74, 6) is -1.02. The second kappa shape index (κ2) is 8.68. The Morgan fingerprint density at radius 1 is 1.20 bits per heavy atom. The Kier molecular flexibility index (Phi) is 8.05. The fourth-order valence-corrected chi connectivity index (χ4v) is 2.15. The molecule has 0 fully saturated rings. The number of carboxylic acid groups (broad SMARTS) is 1. The molecule has 0 aromatic heterocycles. The quantitative estimate of drug-likeness (QED) is 0.564. The number of imide groups is 1. The summed E-state index contributed by atoms with van der Waals surface area (Å²) in [6.45, 7) is 3.63. The van der Waals surface area contributed by atoms with Crippen LogP contribution in [-0.4, -0.2) is 45.8 Å². The zero-order valence-corrected chi connectivity index (χ0v) is 12.8. The lowest BCUT2D eigenvalue weighted by atomic mass is 9.85. The summed E-state index contributed by atoms with van der Waals surface area (Å²) in [5, 5.41) is 13.3. The zero-order valence-electron chi connectivity index (χ0n) is 12.0. The molecule has 0 aliphatic carbocycles. The van der Waals surface area contributed by atoms with Gasteiger partial charge in [-0.3, -0.25) is 19.1 Å². The molecule has 1 unspecified atom stereocenters. The number of carbonyl (C=O) groups is 3. The minimum Gasteiger partial charge on any atom is -0.481 e. The number of carbonyl (C=O) groups excluding carboxylic acids is 2. The Bertz CT molecular complexity index is 395. The fourth-order valence-electron chi connectivity index (χ4n) is 1.60. The van der Waals surface area contributed by atoms with E-state index >= 15 is 0 Å². The SMILES string of the molecule is CS(=O)CCCNC(=O)NC(=O)CC(C)(C)CC(=O)O. The lowest BCUT2D eigenvalue weighted by molar-refractivity contribution is -0.139. The third-order valence-corrected chi connectivity index (χ3v) is 3.28. The molecular weight excluding hydrogens is 284 g/mol. The van der Waals surface area contributed by atoms with Crippen LogP contribution in [0.5, 0.6) is 0 Å². The molecular formula is C12H22N2O5S. The molecule has 3 amide bonds. The number of rotatable bonds is 8. The van der Waals surface area contributed by atoms with E-state index in [-0.39, 0.29) is 12.8 Å². The molecule has 0 aliphatic rings. The summed E-state index contributed by atoms with van der Waals surface area (Å²) >= 11 is 0. The molecule has 0 saturated carbocycles. The Labute approximate surface area is 121 Å². The van der Waals surface area contributed by atoms with E-state index in [9.17, 15) is 18.6 Å². The summed E-state index contributed by atoms with van der Waals surface area (Å²) < 4.78 is 10.8. The standard InChI is InChI=1S/C12H22N2O5S/c1-12(2,8-10(16)17)7-9(15)14-11(18)13-5-4-6-20(3)19/h4-8H2,1-3H3,(H,16,17)(H2,13,14,15,18). The van der Waals surface area contributed by atoms with Crippen molar-refractivity contribution in [3.8, 4) is 0 Å². The number of hydrogen-bond acceptors (Lipinski definition) is 4. The smallest absolute Gasteiger partial charge is 0.321 e. The van der Waals surface area contributed by atoms with Crippen molar-refractivity contribution in [3.63, 3.8) is 0 Å². The van der Waals surface area contributed by atoms with E-state index in [4.69, 9.17) is 5.11 Å². The van der Waals surface area contributed by atoms with Crippen LogP contribution in [0.2, 0.25) is 0 Å². The van der Waals surface area contributed by atoms with Gasteiger partial charge in [-0.05, 0) is 11.8 Å². The van der Waals surface area contributed by atoms with Gasteiger partial charge in [0.05, 0.1) is 6.42 Å². The van der Waals surface area contributed by atoms with Crippen molar-refractivity contribution in [2.24, 2.45) is 5.41 Å². The van der Waals surface area contributed by atoms with Gasteiger partial charge in [0.1, 0.15) is 0 Å². The van der Waals surface area contributed by atoms with Crippen LogP contribution >= 0.6 is 0 Å². The van der Waals surface area contributed by atoms with Gasteiger partial charge >= 0.3 is 12.0 Å². The first-order valence-corrected chi connectivity index (χ1v) is 7.94. The molecule has 0 radical (unpaired) electrons. The topological polar surface area (TPSA) is 113 Å². The number of hydrogen-bond donors (Lipinski definition) is 3. The highest BCUT2D eigenvalue weighted by Gasteiger charge is 2.25. The highest BCUT2D eigenvalue weighted by molar-refractivity contribution is 7.84. The largest absolute Gasteiger partial charge is 0.481 e. The number of urea groups is 1. The van der Waals surface area contributed by atoms with Crippen LogP contribution in [0.1, 0.15) is 33.1 Å². The van der Waals surface area contributed by atoms with Crippen LogP contribution in [0.4, 0.5) is 4.79 Å². The van der Waals surface area contributed by atoms with E-state index in [0.717, 1.165) is 0 Å². The first-order valence-electron chi connectivity index (χ1n) is 6.22. The Balaban J connectivity index is 3.98. The van der Waals surface area contributed by atoms with Crippen molar-refractivity contribution in [1.29, 1.82) is 0 Å². The van der Waals surface area contributed by atoms with E-state index in [1.807, 2.05) is 0 Å². The summed E-state index contributed by atoms with van der Waals surface area (Å²) in [6, 6.07) is -0.622. The fraction of sp³-hybridized carbons (Fsp3) is 0.750. The number of nitrogens with one attached hydrogen (secondary N) is 2. The summed E-state index contributed by atoms with van der Waals surface area (Å²) in [4.78, 5) is 33.6. The van der Waals surface area contributed by atoms with Gasteiger partial charge < -0.3 is 10.4 Å². The van der Waals surface area contributed by atoms with E-state index in [0.29, 0.717) is 18.7 Å². The molecule has 0 rings (SSSR count). The van der Waals surface area contributed by atoms with Crippen LogP contribution < -0.4 is 10.6 Å². The highest BCUT2D eigenvalue weighted by atomic mass is 32.2. The summed E-state index contributed by atoms with van der Waals surface area (Å²) in [6.07, 6.45) is 1.94. The predicted octanol–water partition coefficient (Wildman–Crippen LogP) is 0.472. The zero-order chi connectivity index (χ0) is 15.8. The minimum absolute atomic E-state index is 0.0499. The van der Waals surface area contributed by atoms with Gasteiger partial charge in [0.15, 0.2) is 0 Å². The molecule has 0 bridgehead atoms. The van der Waals surface area contributed by atoms with Gasteiger partial charge in [0.25, 0.3) is 0 Å². The molecule has 1 atom stereocenters. The average molecular weight is 306 g/mol. The molecule has 0 aromatic rings. The van der Waals surface area contributed by atoms with Crippen LogP contribution in [-0.2, 0) is 20.4 Å². The van der Waals surface area contributed by atoms with Gasteiger partial charge in [-0.25, -0.2) is 4.79 Å². The Morgan fingerprint density at radius 2 is 1.80 bits per heavy atom. The molecule has 0 spiro atoms. The molecule has 0 aliphatic heterocycles.